The summed E-state index contributed by atoms with van der Waals surface area (Å²) in [7, 11) is 0. The molecule has 0 aromatic heterocycles. The molecule has 1 amide bonds. The van der Waals surface area contributed by atoms with Gasteiger partial charge >= 0.3 is 6.18 Å². The van der Waals surface area contributed by atoms with Crippen LogP contribution in [0.1, 0.15) is 13.8 Å². The van der Waals surface area contributed by atoms with Gasteiger partial charge in [0.2, 0.25) is 5.91 Å². The number of amides is 1. The first kappa shape index (κ1) is 10.9. The highest BCUT2D eigenvalue weighted by Gasteiger charge is 2.41. The van der Waals surface area contributed by atoms with Gasteiger partial charge in [-0.25, -0.2) is 0 Å². The van der Waals surface area contributed by atoms with Crippen LogP contribution in [0.5, 0.6) is 0 Å². The molecule has 0 aliphatic heterocycles. The minimum Gasteiger partial charge on any atom is -0.346 e. The molecule has 0 rings (SSSR count). The Kier molecular flexibility index (Phi) is 3.24. The van der Waals surface area contributed by atoms with Crippen LogP contribution < -0.4 is 5.32 Å². The first-order valence-electron chi connectivity index (χ1n) is 3.13. The Balaban J connectivity index is 4.21. The Bertz CT molecular complexity index is 199. The van der Waals surface area contributed by atoms with E-state index in [1.165, 1.54) is 0 Å². The van der Waals surface area contributed by atoms with E-state index in [-0.39, 0.29) is 0 Å². The van der Waals surface area contributed by atoms with Gasteiger partial charge in [-0.3, -0.25) is 9.59 Å². The summed E-state index contributed by atoms with van der Waals surface area (Å²) in [6.07, 6.45) is -4.89. The number of ketones is 1. The smallest absolute Gasteiger partial charge is 0.346 e. The Morgan fingerprint density at radius 1 is 1.33 bits per heavy atom. The number of carbonyl (C=O) groups is 2. The van der Waals surface area contributed by atoms with Crippen molar-refractivity contribution >= 4 is 11.7 Å². The van der Waals surface area contributed by atoms with Gasteiger partial charge in [-0.05, 0) is 6.92 Å². The summed E-state index contributed by atoms with van der Waals surface area (Å²) in [6, 6.07) is -1.51. The predicted molar refractivity (Wildman–Crippen MR) is 34.3 cm³/mol. The van der Waals surface area contributed by atoms with Gasteiger partial charge in [0.15, 0.2) is 0 Å². The van der Waals surface area contributed by atoms with Crippen molar-refractivity contribution in [2.24, 2.45) is 0 Å². The van der Waals surface area contributed by atoms with E-state index < -0.39 is 23.9 Å². The topological polar surface area (TPSA) is 46.2 Å². The largest absolute Gasteiger partial charge is 0.452 e. The molecule has 0 radical (unpaired) electrons. The molecule has 0 saturated carbocycles. The van der Waals surface area contributed by atoms with Crippen LogP contribution in [0.3, 0.4) is 0 Å². The average Bonchev–Trinajstić information content (AvgIpc) is 1.82. The van der Waals surface area contributed by atoms with Crippen LogP contribution in [0.2, 0.25) is 0 Å². The Morgan fingerprint density at radius 2 is 1.75 bits per heavy atom. The molecule has 0 aromatic carbocycles. The highest BCUT2D eigenvalue weighted by molar-refractivity contribution is 5.91. The second-order valence-corrected chi connectivity index (χ2v) is 2.28. The van der Waals surface area contributed by atoms with Crippen molar-refractivity contribution in [3.63, 3.8) is 0 Å². The van der Waals surface area contributed by atoms with Gasteiger partial charge in [0.05, 0.1) is 6.04 Å². The van der Waals surface area contributed by atoms with Crippen molar-refractivity contribution in [2.75, 3.05) is 0 Å². The fraction of sp³-hybridized carbons (Fsp3) is 0.667. The van der Waals surface area contributed by atoms with Gasteiger partial charge in [0.1, 0.15) is 0 Å². The molecule has 12 heavy (non-hydrogen) atoms. The second kappa shape index (κ2) is 3.55. The number of carbonyl (C=O) groups excluding carboxylic acids is 2. The molecule has 1 atom stereocenters. The second-order valence-electron chi connectivity index (χ2n) is 2.28. The van der Waals surface area contributed by atoms with Crippen molar-refractivity contribution < 1.29 is 22.8 Å². The Labute approximate surface area is 66.9 Å². The van der Waals surface area contributed by atoms with Crippen LogP contribution in [-0.2, 0) is 9.59 Å². The van der Waals surface area contributed by atoms with E-state index in [1.807, 2.05) is 5.32 Å². The lowest BCUT2D eigenvalue weighted by Crippen LogP contribution is -2.43. The first-order chi connectivity index (χ1) is 5.25. The molecule has 0 bridgehead atoms. The number of halogens is 3. The number of alkyl halides is 3. The standard InChI is InChI=1S/C6H8F3NO2/c1-3(10-4(2)11)5(12)6(7,8)9/h3H,1-2H3,(H,10,11)/t3-/m0/s1. The first-order valence-corrected chi connectivity index (χ1v) is 3.13. The van der Waals surface area contributed by atoms with Crippen LogP contribution in [0.15, 0.2) is 0 Å². The lowest BCUT2D eigenvalue weighted by atomic mass is 10.2. The van der Waals surface area contributed by atoms with Gasteiger partial charge in [0, 0.05) is 6.92 Å². The third-order valence-electron chi connectivity index (χ3n) is 1.09. The Morgan fingerprint density at radius 3 is 2.00 bits per heavy atom. The molecule has 0 spiro atoms. The molecule has 0 fully saturated rings. The molecule has 0 heterocycles. The van der Waals surface area contributed by atoms with E-state index >= 15 is 0 Å². The van der Waals surface area contributed by atoms with Crippen LogP contribution in [0, 0.1) is 0 Å². The van der Waals surface area contributed by atoms with E-state index in [0.717, 1.165) is 13.8 Å². The molecule has 0 unspecified atom stereocenters. The van der Waals surface area contributed by atoms with E-state index in [2.05, 4.69) is 0 Å². The molecular weight excluding hydrogens is 175 g/mol. The summed E-state index contributed by atoms with van der Waals surface area (Å²) in [5, 5.41) is 1.84. The SMILES string of the molecule is CC(=O)N[C@@H](C)C(=O)C(F)(F)F. The van der Waals surface area contributed by atoms with Crippen molar-refractivity contribution in [2.45, 2.75) is 26.1 Å². The molecule has 3 nitrogen and oxygen atoms in total. The molecule has 0 saturated heterocycles. The number of hydrogen-bond donors (Lipinski definition) is 1. The molecular formula is C6H8F3NO2. The van der Waals surface area contributed by atoms with Crippen LogP contribution in [0.4, 0.5) is 13.2 Å². The van der Waals surface area contributed by atoms with Crippen LogP contribution in [-0.4, -0.2) is 23.9 Å². The van der Waals surface area contributed by atoms with E-state index in [1.54, 1.807) is 0 Å². The van der Waals surface area contributed by atoms with Crippen molar-refractivity contribution in [1.82, 2.24) is 5.32 Å². The zero-order valence-electron chi connectivity index (χ0n) is 6.53. The molecule has 70 valence electrons. The molecule has 0 aliphatic rings. The van der Waals surface area contributed by atoms with Gasteiger partial charge in [-0.1, -0.05) is 0 Å². The van der Waals surface area contributed by atoms with Gasteiger partial charge in [-0.2, -0.15) is 13.2 Å². The Hall–Kier alpha value is -1.07. The van der Waals surface area contributed by atoms with Crippen molar-refractivity contribution in [3.05, 3.63) is 0 Å². The summed E-state index contributed by atoms with van der Waals surface area (Å²) in [5.74, 6) is -2.61. The maximum absolute atomic E-state index is 11.6. The fourth-order valence-electron chi connectivity index (χ4n) is 0.616. The lowest BCUT2D eigenvalue weighted by molar-refractivity contribution is -0.173. The minimum absolute atomic E-state index is 0.667. The van der Waals surface area contributed by atoms with Crippen molar-refractivity contribution in [1.29, 1.82) is 0 Å². The summed E-state index contributed by atoms with van der Waals surface area (Å²) in [4.78, 5) is 20.6. The molecule has 1 N–H and O–H groups in total. The number of hydrogen-bond acceptors (Lipinski definition) is 2. The maximum atomic E-state index is 11.6. The average molecular weight is 183 g/mol. The summed E-state index contributed by atoms with van der Waals surface area (Å²) in [5.41, 5.74) is 0. The quantitative estimate of drug-likeness (QED) is 0.682. The third kappa shape index (κ3) is 3.36. The lowest BCUT2D eigenvalue weighted by Gasteiger charge is -2.12. The summed E-state index contributed by atoms with van der Waals surface area (Å²) >= 11 is 0. The molecule has 0 aliphatic carbocycles. The third-order valence-corrected chi connectivity index (χ3v) is 1.09. The number of Topliss-reactive ketones (excluding diaryl/α,β-unsaturated/α-hetero) is 1. The number of rotatable bonds is 2. The van der Waals surface area contributed by atoms with E-state index in [9.17, 15) is 22.8 Å². The zero-order chi connectivity index (χ0) is 9.94. The van der Waals surface area contributed by atoms with E-state index in [4.69, 9.17) is 0 Å². The molecule has 0 aromatic rings. The zero-order valence-corrected chi connectivity index (χ0v) is 6.53. The van der Waals surface area contributed by atoms with Crippen LogP contribution >= 0.6 is 0 Å². The maximum Gasteiger partial charge on any atom is 0.452 e. The summed E-state index contributed by atoms with van der Waals surface area (Å²) < 4.78 is 34.9. The highest BCUT2D eigenvalue weighted by Crippen LogP contribution is 2.17. The molecule has 6 heteroatoms. The van der Waals surface area contributed by atoms with Gasteiger partial charge in [0.25, 0.3) is 5.78 Å². The monoisotopic (exact) mass is 183 g/mol. The van der Waals surface area contributed by atoms with E-state index in [0.29, 0.717) is 0 Å². The summed E-state index contributed by atoms with van der Waals surface area (Å²) in [6.45, 7) is 2.03. The van der Waals surface area contributed by atoms with Gasteiger partial charge in [-0.15, -0.1) is 0 Å². The highest BCUT2D eigenvalue weighted by atomic mass is 19.4. The number of nitrogens with one attached hydrogen (secondary N) is 1. The fourth-order valence-corrected chi connectivity index (χ4v) is 0.616. The normalized spacial score (nSPS) is 13.8. The van der Waals surface area contributed by atoms with Crippen molar-refractivity contribution in [3.8, 4) is 0 Å². The van der Waals surface area contributed by atoms with Gasteiger partial charge < -0.3 is 5.32 Å². The predicted octanol–water partition coefficient (Wildman–Crippen LogP) is 0.642. The van der Waals surface area contributed by atoms with Crippen LogP contribution in [0.25, 0.3) is 0 Å². The minimum atomic E-state index is -4.89.